The molecule has 176 valence electrons. The highest BCUT2D eigenvalue weighted by atomic mass is 127. The van der Waals surface area contributed by atoms with Crippen LogP contribution in [0.3, 0.4) is 0 Å². The Morgan fingerprint density at radius 3 is 2.62 bits per heavy atom. The van der Waals surface area contributed by atoms with Crippen molar-refractivity contribution in [2.75, 3.05) is 13.7 Å². The molecule has 0 bridgehead atoms. The van der Waals surface area contributed by atoms with Crippen LogP contribution in [0.1, 0.15) is 48.8 Å². The molecule has 7 heteroatoms. The summed E-state index contributed by atoms with van der Waals surface area (Å²) in [5, 5.41) is 10.0. The third-order valence-electron chi connectivity index (χ3n) is 6.34. The SMILES string of the molecule is CCOc1cc([C@H]2C(C#N)=C(N)N(C)C3=C2C(=O)CCC3)cc(I)c1OCc1ccc(C)cc1. The fourth-order valence-corrected chi connectivity index (χ4v) is 5.37. The number of hydrogen-bond donors (Lipinski definition) is 1. The molecule has 1 aliphatic carbocycles. The first-order valence-corrected chi connectivity index (χ1v) is 12.5. The highest BCUT2D eigenvalue weighted by Gasteiger charge is 2.39. The lowest BCUT2D eigenvalue weighted by molar-refractivity contribution is -0.116. The Morgan fingerprint density at radius 1 is 1.21 bits per heavy atom. The zero-order valence-electron chi connectivity index (χ0n) is 19.7. The average molecular weight is 569 g/mol. The van der Waals surface area contributed by atoms with Gasteiger partial charge in [-0.25, -0.2) is 0 Å². The highest BCUT2D eigenvalue weighted by Crippen LogP contribution is 2.46. The molecule has 0 aromatic heterocycles. The maximum Gasteiger partial charge on any atom is 0.174 e. The van der Waals surface area contributed by atoms with Crippen molar-refractivity contribution in [1.82, 2.24) is 4.90 Å². The summed E-state index contributed by atoms with van der Waals surface area (Å²) in [6, 6.07) is 14.4. The van der Waals surface area contributed by atoms with Gasteiger partial charge in [-0.2, -0.15) is 5.26 Å². The molecule has 0 saturated carbocycles. The van der Waals surface area contributed by atoms with Crippen molar-refractivity contribution in [3.63, 3.8) is 0 Å². The van der Waals surface area contributed by atoms with E-state index in [9.17, 15) is 10.1 Å². The number of halogens is 1. The Morgan fingerprint density at radius 2 is 1.94 bits per heavy atom. The second-order valence-electron chi connectivity index (χ2n) is 8.58. The number of Topliss-reactive ketones (excluding diaryl/α,β-unsaturated/α-hetero) is 1. The average Bonchev–Trinajstić information content (AvgIpc) is 2.82. The Hall–Kier alpha value is -2.99. The van der Waals surface area contributed by atoms with Crippen molar-refractivity contribution in [2.24, 2.45) is 5.73 Å². The zero-order chi connectivity index (χ0) is 24.4. The van der Waals surface area contributed by atoms with Crippen molar-refractivity contribution >= 4 is 28.4 Å². The maximum absolute atomic E-state index is 13.1. The molecule has 2 aromatic carbocycles. The van der Waals surface area contributed by atoms with E-state index < -0.39 is 5.92 Å². The zero-order valence-corrected chi connectivity index (χ0v) is 21.8. The number of rotatable bonds is 6. The summed E-state index contributed by atoms with van der Waals surface area (Å²) in [5.41, 5.74) is 11.4. The van der Waals surface area contributed by atoms with Crippen LogP contribution in [-0.4, -0.2) is 24.3 Å². The Bertz CT molecular complexity index is 1220. The molecule has 1 heterocycles. The number of allylic oxidation sites excluding steroid dienone is 3. The predicted octanol–water partition coefficient (Wildman–Crippen LogP) is 5.31. The van der Waals surface area contributed by atoms with E-state index in [1.165, 1.54) is 5.56 Å². The molecule has 0 fully saturated rings. The number of aryl methyl sites for hydroxylation is 1. The number of carbonyl (C=O) groups excluding carboxylic acids is 1. The van der Waals surface area contributed by atoms with Gasteiger partial charge in [-0.3, -0.25) is 4.79 Å². The van der Waals surface area contributed by atoms with E-state index in [1.54, 1.807) is 4.90 Å². The van der Waals surface area contributed by atoms with Gasteiger partial charge in [-0.15, -0.1) is 0 Å². The van der Waals surface area contributed by atoms with E-state index in [0.717, 1.165) is 33.2 Å². The van der Waals surface area contributed by atoms with Gasteiger partial charge in [-0.05, 0) is 72.5 Å². The molecule has 2 aromatic rings. The second kappa shape index (κ2) is 10.1. The monoisotopic (exact) mass is 569 g/mol. The van der Waals surface area contributed by atoms with Gasteiger partial charge in [0, 0.05) is 24.7 Å². The molecule has 1 atom stereocenters. The summed E-state index contributed by atoms with van der Waals surface area (Å²) in [7, 11) is 1.83. The van der Waals surface area contributed by atoms with Crippen molar-refractivity contribution < 1.29 is 14.3 Å². The minimum atomic E-state index is -0.511. The topological polar surface area (TPSA) is 88.6 Å². The third kappa shape index (κ3) is 4.51. The Labute approximate surface area is 214 Å². The summed E-state index contributed by atoms with van der Waals surface area (Å²) in [4.78, 5) is 14.9. The Kier molecular flexibility index (Phi) is 7.17. The second-order valence-corrected chi connectivity index (χ2v) is 9.74. The number of nitriles is 1. The van der Waals surface area contributed by atoms with Crippen LogP contribution in [0.2, 0.25) is 0 Å². The third-order valence-corrected chi connectivity index (χ3v) is 7.14. The van der Waals surface area contributed by atoms with E-state index in [2.05, 4.69) is 47.7 Å². The summed E-state index contributed by atoms with van der Waals surface area (Å²) in [6.07, 6.45) is 2.03. The number of carbonyl (C=O) groups is 1. The summed E-state index contributed by atoms with van der Waals surface area (Å²) in [5.74, 6) is 1.21. The first kappa shape index (κ1) is 24.1. The molecule has 4 rings (SSSR count). The van der Waals surface area contributed by atoms with Gasteiger partial charge in [0.25, 0.3) is 0 Å². The predicted molar refractivity (Wildman–Crippen MR) is 139 cm³/mol. The van der Waals surface area contributed by atoms with Crippen LogP contribution < -0.4 is 15.2 Å². The van der Waals surface area contributed by atoms with Gasteiger partial charge < -0.3 is 20.1 Å². The summed E-state index contributed by atoms with van der Waals surface area (Å²) >= 11 is 2.23. The number of nitrogens with zero attached hydrogens (tertiary/aromatic N) is 2. The normalized spacial score (nSPS) is 18.0. The lowest BCUT2D eigenvalue weighted by Crippen LogP contribution is -2.36. The fourth-order valence-electron chi connectivity index (χ4n) is 4.59. The molecule has 1 aliphatic heterocycles. The van der Waals surface area contributed by atoms with Gasteiger partial charge in [0.2, 0.25) is 0 Å². The van der Waals surface area contributed by atoms with Crippen LogP contribution in [0.5, 0.6) is 11.5 Å². The lowest BCUT2D eigenvalue weighted by atomic mass is 9.76. The molecule has 34 heavy (non-hydrogen) atoms. The molecule has 0 radical (unpaired) electrons. The molecule has 0 unspecified atom stereocenters. The minimum absolute atomic E-state index is 0.0750. The first-order valence-electron chi connectivity index (χ1n) is 11.4. The molecule has 2 aliphatic rings. The molecule has 6 nitrogen and oxygen atoms in total. The van der Waals surface area contributed by atoms with Crippen molar-refractivity contribution in [1.29, 1.82) is 5.26 Å². The van der Waals surface area contributed by atoms with Crippen LogP contribution in [0.25, 0.3) is 0 Å². The summed E-state index contributed by atoms with van der Waals surface area (Å²) < 4.78 is 13.0. The molecule has 0 amide bonds. The number of hydrogen-bond acceptors (Lipinski definition) is 6. The van der Waals surface area contributed by atoms with Gasteiger partial charge in [0.1, 0.15) is 12.4 Å². The van der Waals surface area contributed by atoms with Crippen LogP contribution in [0.15, 0.2) is 59.1 Å². The van der Waals surface area contributed by atoms with E-state index >= 15 is 0 Å². The summed E-state index contributed by atoms with van der Waals surface area (Å²) in [6.45, 7) is 4.84. The van der Waals surface area contributed by atoms with Crippen molar-refractivity contribution in [3.8, 4) is 17.6 Å². The molecule has 2 N–H and O–H groups in total. The fraction of sp³-hybridized carbons (Fsp3) is 0.333. The smallest absolute Gasteiger partial charge is 0.174 e. The van der Waals surface area contributed by atoms with Gasteiger partial charge in [-0.1, -0.05) is 29.8 Å². The number of benzene rings is 2. The molecular weight excluding hydrogens is 541 g/mol. The quantitative estimate of drug-likeness (QED) is 0.475. The van der Waals surface area contributed by atoms with E-state index in [4.69, 9.17) is 15.2 Å². The van der Waals surface area contributed by atoms with Crippen LogP contribution in [0.4, 0.5) is 0 Å². The van der Waals surface area contributed by atoms with Crippen molar-refractivity contribution in [3.05, 3.63) is 79.3 Å². The highest BCUT2D eigenvalue weighted by molar-refractivity contribution is 14.1. The minimum Gasteiger partial charge on any atom is -0.490 e. The van der Waals surface area contributed by atoms with Gasteiger partial charge in [0.05, 0.1) is 27.7 Å². The van der Waals surface area contributed by atoms with E-state index in [0.29, 0.717) is 48.1 Å². The molecule has 0 saturated heterocycles. The Balaban J connectivity index is 1.77. The van der Waals surface area contributed by atoms with Gasteiger partial charge in [0.15, 0.2) is 17.3 Å². The van der Waals surface area contributed by atoms with Gasteiger partial charge >= 0.3 is 0 Å². The number of ketones is 1. The number of ether oxygens (including phenoxy) is 2. The lowest BCUT2D eigenvalue weighted by Gasteiger charge is -2.37. The van der Waals surface area contributed by atoms with Crippen LogP contribution >= 0.6 is 22.6 Å². The molecule has 0 spiro atoms. The first-order chi connectivity index (χ1) is 16.3. The number of nitrogens with two attached hydrogens (primary N) is 1. The maximum atomic E-state index is 13.1. The van der Waals surface area contributed by atoms with E-state index in [1.807, 2.05) is 38.2 Å². The van der Waals surface area contributed by atoms with Crippen molar-refractivity contribution in [2.45, 2.75) is 45.6 Å². The standard InChI is InChI=1S/C27H28IN3O3/c1-4-33-23-13-18(12-20(28)26(23)34-15-17-10-8-16(2)9-11-17)24-19(14-29)27(30)31(3)21-6-5-7-22(32)25(21)24/h8-13,24H,4-7,15,30H2,1-3H3/t24-/m0/s1. The molecular formula is C27H28IN3O3. The van der Waals surface area contributed by atoms with Crippen LogP contribution in [-0.2, 0) is 11.4 Å². The van der Waals surface area contributed by atoms with Crippen LogP contribution in [0, 0.1) is 21.8 Å². The largest absolute Gasteiger partial charge is 0.490 e. The van der Waals surface area contributed by atoms with E-state index in [-0.39, 0.29) is 5.78 Å².